The highest BCUT2D eigenvalue weighted by molar-refractivity contribution is 5.56. The average Bonchev–Trinajstić information content (AvgIpc) is 2.87. The third kappa shape index (κ3) is 3.62. The predicted molar refractivity (Wildman–Crippen MR) is 70.7 cm³/mol. The summed E-state index contributed by atoms with van der Waals surface area (Å²) in [4.78, 5) is 4.31. The minimum Gasteiger partial charge on any atom is -0.382 e. The van der Waals surface area contributed by atoms with Crippen molar-refractivity contribution in [3.8, 4) is 11.4 Å². The molecule has 1 heterocycles. The Bertz CT molecular complexity index is 537. The Hall–Kier alpha value is -1.72. The Morgan fingerprint density at radius 2 is 2.00 bits per heavy atom. The minimum atomic E-state index is 0.307. The van der Waals surface area contributed by atoms with Crippen LogP contribution in [-0.2, 0) is 16.1 Å². The summed E-state index contributed by atoms with van der Waals surface area (Å²) in [6.45, 7) is 5.51. The van der Waals surface area contributed by atoms with Gasteiger partial charge in [0, 0.05) is 12.7 Å². The van der Waals surface area contributed by atoms with Crippen LogP contribution in [0.2, 0.25) is 0 Å². The van der Waals surface area contributed by atoms with Crippen molar-refractivity contribution in [1.82, 2.24) is 10.1 Å². The minimum absolute atomic E-state index is 0.307. The largest absolute Gasteiger partial charge is 0.382 e. The second kappa shape index (κ2) is 6.45. The van der Waals surface area contributed by atoms with Gasteiger partial charge in [0.1, 0.15) is 6.61 Å². The van der Waals surface area contributed by atoms with Gasteiger partial charge in [0.05, 0.1) is 13.2 Å². The first-order valence-corrected chi connectivity index (χ1v) is 6.17. The maximum Gasteiger partial charge on any atom is 0.252 e. The first-order valence-electron chi connectivity index (χ1n) is 6.17. The van der Waals surface area contributed by atoms with Crippen molar-refractivity contribution in [2.45, 2.75) is 20.5 Å². The molecule has 0 radical (unpaired) electrons. The number of benzene rings is 1. The SMILES string of the molecule is COCCOCc1nc(-c2ccc(C)c(C)c2)no1. The lowest BCUT2D eigenvalue weighted by Crippen LogP contribution is -2.01. The molecule has 19 heavy (non-hydrogen) atoms. The van der Waals surface area contributed by atoms with Gasteiger partial charge in [0.15, 0.2) is 0 Å². The maximum absolute atomic E-state index is 5.33. The zero-order valence-corrected chi connectivity index (χ0v) is 11.5. The van der Waals surface area contributed by atoms with Gasteiger partial charge in [-0.15, -0.1) is 0 Å². The molecule has 0 bridgehead atoms. The van der Waals surface area contributed by atoms with Crippen LogP contribution in [0.1, 0.15) is 17.0 Å². The topological polar surface area (TPSA) is 57.4 Å². The molecule has 0 aliphatic carbocycles. The molecule has 102 valence electrons. The summed E-state index contributed by atoms with van der Waals surface area (Å²) in [5.74, 6) is 1.07. The Labute approximate surface area is 112 Å². The van der Waals surface area contributed by atoms with E-state index in [0.717, 1.165) is 5.56 Å². The standard InChI is InChI=1S/C14H18N2O3/c1-10-4-5-12(8-11(10)2)14-15-13(19-16-14)9-18-7-6-17-3/h4-5,8H,6-7,9H2,1-3H3. The van der Waals surface area contributed by atoms with Gasteiger partial charge in [0.2, 0.25) is 5.82 Å². The van der Waals surface area contributed by atoms with Gasteiger partial charge in [-0.25, -0.2) is 0 Å². The molecule has 2 aromatic rings. The lowest BCUT2D eigenvalue weighted by atomic mass is 10.1. The third-order valence-electron chi connectivity index (χ3n) is 2.89. The van der Waals surface area contributed by atoms with Crippen LogP contribution in [0.25, 0.3) is 11.4 Å². The van der Waals surface area contributed by atoms with E-state index in [1.807, 2.05) is 6.07 Å². The fourth-order valence-electron chi connectivity index (χ4n) is 1.61. The molecule has 1 aromatic heterocycles. The number of methoxy groups -OCH3 is 1. The Balaban J connectivity index is 2.01. The Morgan fingerprint density at radius 3 is 2.74 bits per heavy atom. The summed E-state index contributed by atoms with van der Waals surface area (Å²) < 4.78 is 15.4. The second-order valence-corrected chi connectivity index (χ2v) is 4.36. The quantitative estimate of drug-likeness (QED) is 0.749. The summed E-state index contributed by atoms with van der Waals surface area (Å²) in [5, 5.41) is 3.96. The van der Waals surface area contributed by atoms with Gasteiger partial charge in [-0.05, 0) is 31.0 Å². The summed E-state index contributed by atoms with van der Waals surface area (Å²) >= 11 is 0. The van der Waals surface area contributed by atoms with E-state index in [2.05, 4.69) is 36.1 Å². The molecule has 0 amide bonds. The van der Waals surface area contributed by atoms with Crippen molar-refractivity contribution in [3.05, 3.63) is 35.2 Å². The number of nitrogens with zero attached hydrogens (tertiary/aromatic N) is 2. The van der Waals surface area contributed by atoms with Gasteiger partial charge >= 0.3 is 0 Å². The van der Waals surface area contributed by atoms with E-state index in [-0.39, 0.29) is 0 Å². The number of rotatable bonds is 6. The van der Waals surface area contributed by atoms with E-state index in [4.69, 9.17) is 14.0 Å². The van der Waals surface area contributed by atoms with Crippen LogP contribution in [0, 0.1) is 13.8 Å². The van der Waals surface area contributed by atoms with E-state index in [1.54, 1.807) is 7.11 Å². The van der Waals surface area contributed by atoms with E-state index < -0.39 is 0 Å². The van der Waals surface area contributed by atoms with Crippen molar-refractivity contribution in [1.29, 1.82) is 0 Å². The smallest absolute Gasteiger partial charge is 0.252 e. The monoisotopic (exact) mass is 262 g/mol. The normalized spacial score (nSPS) is 10.9. The molecular formula is C14H18N2O3. The molecule has 5 heteroatoms. The van der Waals surface area contributed by atoms with Crippen LogP contribution in [0.5, 0.6) is 0 Å². The Morgan fingerprint density at radius 1 is 1.16 bits per heavy atom. The lowest BCUT2D eigenvalue weighted by Gasteiger charge is -2.00. The molecule has 0 atom stereocenters. The van der Waals surface area contributed by atoms with Crippen LogP contribution < -0.4 is 0 Å². The molecule has 0 saturated carbocycles. The molecule has 1 aromatic carbocycles. The lowest BCUT2D eigenvalue weighted by molar-refractivity contribution is 0.0494. The molecule has 0 spiro atoms. The maximum atomic E-state index is 5.33. The number of ether oxygens (including phenoxy) is 2. The van der Waals surface area contributed by atoms with Crippen LogP contribution in [0.4, 0.5) is 0 Å². The van der Waals surface area contributed by atoms with Gasteiger partial charge in [-0.1, -0.05) is 17.3 Å². The number of aromatic nitrogens is 2. The van der Waals surface area contributed by atoms with Gasteiger partial charge < -0.3 is 14.0 Å². The van der Waals surface area contributed by atoms with Gasteiger partial charge in [-0.3, -0.25) is 0 Å². The first kappa shape index (κ1) is 13.7. The molecule has 0 saturated heterocycles. The van der Waals surface area contributed by atoms with E-state index in [1.165, 1.54) is 11.1 Å². The van der Waals surface area contributed by atoms with Crippen LogP contribution in [-0.4, -0.2) is 30.5 Å². The van der Waals surface area contributed by atoms with Crippen LogP contribution in [0.15, 0.2) is 22.7 Å². The average molecular weight is 262 g/mol. The summed E-state index contributed by atoms with van der Waals surface area (Å²) in [7, 11) is 1.63. The summed E-state index contributed by atoms with van der Waals surface area (Å²) in [5.41, 5.74) is 3.41. The van der Waals surface area contributed by atoms with E-state index in [9.17, 15) is 0 Å². The fourth-order valence-corrected chi connectivity index (χ4v) is 1.61. The molecule has 0 N–H and O–H groups in total. The molecular weight excluding hydrogens is 244 g/mol. The zero-order valence-electron chi connectivity index (χ0n) is 11.5. The molecule has 2 rings (SSSR count). The van der Waals surface area contributed by atoms with Crippen molar-refractivity contribution < 1.29 is 14.0 Å². The van der Waals surface area contributed by atoms with Crippen molar-refractivity contribution in [2.75, 3.05) is 20.3 Å². The predicted octanol–water partition coefficient (Wildman–Crippen LogP) is 2.52. The molecule has 0 aliphatic heterocycles. The molecule has 0 aliphatic rings. The van der Waals surface area contributed by atoms with E-state index >= 15 is 0 Å². The Kier molecular flexibility index (Phi) is 4.65. The van der Waals surface area contributed by atoms with Crippen molar-refractivity contribution >= 4 is 0 Å². The number of hydrogen-bond acceptors (Lipinski definition) is 5. The molecule has 0 fully saturated rings. The number of aryl methyl sites for hydroxylation is 2. The third-order valence-corrected chi connectivity index (χ3v) is 2.89. The van der Waals surface area contributed by atoms with Gasteiger partial charge in [0.25, 0.3) is 5.89 Å². The zero-order chi connectivity index (χ0) is 13.7. The molecule has 0 unspecified atom stereocenters. The van der Waals surface area contributed by atoms with Crippen LogP contribution >= 0.6 is 0 Å². The van der Waals surface area contributed by atoms with Crippen molar-refractivity contribution in [3.63, 3.8) is 0 Å². The van der Waals surface area contributed by atoms with Gasteiger partial charge in [-0.2, -0.15) is 4.98 Å². The second-order valence-electron chi connectivity index (χ2n) is 4.36. The fraction of sp³-hybridized carbons (Fsp3) is 0.429. The highest BCUT2D eigenvalue weighted by atomic mass is 16.5. The first-order chi connectivity index (χ1) is 9.20. The number of hydrogen-bond donors (Lipinski definition) is 0. The summed E-state index contributed by atoms with van der Waals surface area (Å²) in [6, 6.07) is 6.09. The van der Waals surface area contributed by atoms with Crippen LogP contribution in [0.3, 0.4) is 0 Å². The molecule has 5 nitrogen and oxygen atoms in total. The highest BCUT2D eigenvalue weighted by Crippen LogP contribution is 2.19. The summed E-state index contributed by atoms with van der Waals surface area (Å²) in [6.07, 6.45) is 0. The van der Waals surface area contributed by atoms with Crippen molar-refractivity contribution in [2.24, 2.45) is 0 Å². The van der Waals surface area contributed by atoms with E-state index in [0.29, 0.717) is 31.5 Å². The highest BCUT2D eigenvalue weighted by Gasteiger charge is 2.09.